The van der Waals surface area contributed by atoms with Crippen molar-refractivity contribution < 1.29 is 13.9 Å². The number of halogens is 1. The van der Waals surface area contributed by atoms with Crippen LogP contribution < -0.4 is 9.64 Å². The van der Waals surface area contributed by atoms with Gasteiger partial charge in [0.2, 0.25) is 0 Å². The van der Waals surface area contributed by atoms with E-state index in [0.29, 0.717) is 25.0 Å². The summed E-state index contributed by atoms with van der Waals surface area (Å²) in [5, 5.41) is 3.36. The Hall–Kier alpha value is -3.07. The van der Waals surface area contributed by atoms with E-state index in [4.69, 9.17) is 14.5 Å². The number of ether oxygens (including phenoxy) is 2. The van der Waals surface area contributed by atoms with E-state index in [0.717, 1.165) is 55.1 Å². The number of rotatable bonds is 6. The van der Waals surface area contributed by atoms with Crippen LogP contribution in [0.3, 0.4) is 0 Å². The molecule has 4 heterocycles. The number of nitrogens with zero attached hydrogens (tertiary/aromatic N) is 4. The summed E-state index contributed by atoms with van der Waals surface area (Å²) in [7, 11) is 0. The molecule has 4 aromatic rings. The summed E-state index contributed by atoms with van der Waals surface area (Å²) < 4.78 is 25.0. The molecule has 1 unspecified atom stereocenters. The highest BCUT2D eigenvalue weighted by Crippen LogP contribution is 2.38. The fraction of sp³-hybridized carbons (Fsp3) is 0.357. The molecule has 2 aliphatic rings. The van der Waals surface area contributed by atoms with E-state index in [9.17, 15) is 4.39 Å². The van der Waals surface area contributed by atoms with Crippen molar-refractivity contribution in [1.29, 1.82) is 0 Å². The van der Waals surface area contributed by atoms with Gasteiger partial charge in [0.25, 0.3) is 0 Å². The fourth-order valence-corrected chi connectivity index (χ4v) is 6.18. The number of fused-ring (bicyclic) bond motifs is 1. The van der Waals surface area contributed by atoms with Gasteiger partial charge in [-0.2, -0.15) is 0 Å². The highest BCUT2D eigenvalue weighted by atomic mass is 32.1. The number of piperidine rings is 1. The summed E-state index contributed by atoms with van der Waals surface area (Å²) in [4.78, 5) is 15.3. The van der Waals surface area contributed by atoms with Crippen LogP contribution in [0.15, 0.2) is 66.3 Å². The van der Waals surface area contributed by atoms with E-state index in [1.165, 1.54) is 23.3 Å². The van der Waals surface area contributed by atoms with Crippen LogP contribution in [0.2, 0.25) is 0 Å². The minimum Gasteiger partial charge on any atom is -0.491 e. The standard InChI is InChI=1S/C28H29FN4O2S/c29-21-6-8-23(9-7-21)35-17-24-16-33(14-15-34-24)22-10-12-32(13-11-22)27-26-25(20-4-2-1-3-5-20)18-36-28(26)31-19-30-27/h1-9,18-19,22,24H,10-17H2. The van der Waals surface area contributed by atoms with Crippen LogP contribution in [0.5, 0.6) is 5.75 Å². The van der Waals surface area contributed by atoms with Crippen molar-refractivity contribution in [2.45, 2.75) is 25.0 Å². The van der Waals surface area contributed by atoms with Crippen molar-refractivity contribution >= 4 is 27.4 Å². The molecule has 8 heteroatoms. The van der Waals surface area contributed by atoms with Gasteiger partial charge in [0.1, 0.15) is 41.3 Å². The molecule has 2 aliphatic heterocycles. The summed E-state index contributed by atoms with van der Waals surface area (Å²) in [6, 6.07) is 17.2. The van der Waals surface area contributed by atoms with E-state index in [1.807, 2.05) is 6.07 Å². The predicted molar refractivity (Wildman–Crippen MR) is 141 cm³/mol. The molecule has 6 rings (SSSR count). The summed E-state index contributed by atoms with van der Waals surface area (Å²) >= 11 is 1.68. The van der Waals surface area contributed by atoms with Crippen molar-refractivity contribution in [2.24, 2.45) is 0 Å². The zero-order valence-electron chi connectivity index (χ0n) is 20.1. The molecule has 2 saturated heterocycles. The first-order chi connectivity index (χ1) is 17.7. The van der Waals surface area contributed by atoms with E-state index in [1.54, 1.807) is 29.8 Å². The number of hydrogen-bond donors (Lipinski definition) is 0. The Morgan fingerprint density at radius 2 is 1.81 bits per heavy atom. The molecule has 2 fully saturated rings. The molecule has 0 spiro atoms. The van der Waals surface area contributed by atoms with Crippen LogP contribution in [0.4, 0.5) is 10.2 Å². The Balaban J connectivity index is 1.10. The number of anilines is 1. The van der Waals surface area contributed by atoms with Gasteiger partial charge in [0, 0.05) is 43.2 Å². The van der Waals surface area contributed by atoms with E-state index in [-0.39, 0.29) is 11.9 Å². The molecular formula is C28H29FN4O2S. The van der Waals surface area contributed by atoms with Crippen LogP contribution in [-0.4, -0.2) is 66.4 Å². The molecule has 6 nitrogen and oxygen atoms in total. The summed E-state index contributed by atoms with van der Waals surface area (Å²) in [5.74, 6) is 1.46. The third-order valence-electron chi connectivity index (χ3n) is 7.14. The maximum absolute atomic E-state index is 13.1. The maximum atomic E-state index is 13.1. The van der Waals surface area contributed by atoms with Gasteiger partial charge in [-0.1, -0.05) is 30.3 Å². The van der Waals surface area contributed by atoms with Crippen LogP contribution in [0.25, 0.3) is 21.3 Å². The molecule has 0 amide bonds. The lowest BCUT2D eigenvalue weighted by Crippen LogP contribution is -2.52. The summed E-state index contributed by atoms with van der Waals surface area (Å²) in [6.45, 7) is 4.91. The third kappa shape index (κ3) is 4.93. The molecule has 0 aliphatic carbocycles. The number of hydrogen-bond acceptors (Lipinski definition) is 7. The van der Waals surface area contributed by atoms with Crippen molar-refractivity contribution in [3.8, 4) is 16.9 Å². The topological polar surface area (TPSA) is 50.7 Å². The monoisotopic (exact) mass is 504 g/mol. The van der Waals surface area contributed by atoms with E-state index >= 15 is 0 Å². The molecule has 2 aromatic heterocycles. The summed E-state index contributed by atoms with van der Waals surface area (Å²) in [5.41, 5.74) is 2.42. The Morgan fingerprint density at radius 3 is 2.61 bits per heavy atom. The lowest BCUT2D eigenvalue weighted by molar-refractivity contribution is -0.0629. The van der Waals surface area contributed by atoms with Gasteiger partial charge < -0.3 is 14.4 Å². The van der Waals surface area contributed by atoms with Gasteiger partial charge in [-0.25, -0.2) is 14.4 Å². The number of aromatic nitrogens is 2. The Morgan fingerprint density at radius 1 is 1.00 bits per heavy atom. The summed E-state index contributed by atoms with van der Waals surface area (Å²) in [6.07, 6.45) is 3.88. The quantitative estimate of drug-likeness (QED) is 0.358. The molecule has 0 saturated carbocycles. The largest absolute Gasteiger partial charge is 0.491 e. The van der Waals surface area contributed by atoms with Gasteiger partial charge in [0.05, 0.1) is 12.0 Å². The smallest absolute Gasteiger partial charge is 0.141 e. The van der Waals surface area contributed by atoms with Gasteiger partial charge >= 0.3 is 0 Å². The van der Waals surface area contributed by atoms with Crippen LogP contribution in [-0.2, 0) is 4.74 Å². The highest BCUT2D eigenvalue weighted by Gasteiger charge is 2.31. The van der Waals surface area contributed by atoms with Gasteiger partial charge in [-0.05, 0) is 42.7 Å². The van der Waals surface area contributed by atoms with Crippen molar-refractivity contribution in [3.63, 3.8) is 0 Å². The number of morpholine rings is 1. The lowest BCUT2D eigenvalue weighted by Gasteiger charge is -2.42. The molecule has 1 atom stereocenters. The van der Waals surface area contributed by atoms with Gasteiger partial charge in [-0.15, -0.1) is 11.3 Å². The minimum absolute atomic E-state index is 0.0163. The third-order valence-corrected chi connectivity index (χ3v) is 8.02. The van der Waals surface area contributed by atoms with Crippen molar-refractivity contribution in [1.82, 2.24) is 14.9 Å². The average Bonchev–Trinajstić information content (AvgIpc) is 3.38. The van der Waals surface area contributed by atoms with Gasteiger partial charge in [0.15, 0.2) is 0 Å². The SMILES string of the molecule is Fc1ccc(OCC2CN(C3CCN(c4ncnc5scc(-c6ccccc6)c45)CC3)CCO2)cc1. The molecule has 0 bridgehead atoms. The van der Waals surface area contributed by atoms with Crippen LogP contribution >= 0.6 is 11.3 Å². The first-order valence-electron chi connectivity index (χ1n) is 12.5. The zero-order chi connectivity index (χ0) is 24.3. The normalized spacial score (nSPS) is 19.6. The van der Waals surface area contributed by atoms with Crippen molar-refractivity contribution in [3.05, 3.63) is 72.1 Å². The number of thiophene rings is 1. The molecule has 186 valence electrons. The lowest BCUT2D eigenvalue weighted by atomic mass is 10.0. The molecule has 0 radical (unpaired) electrons. The Kier molecular flexibility index (Phi) is 6.81. The van der Waals surface area contributed by atoms with Crippen LogP contribution in [0, 0.1) is 5.82 Å². The second kappa shape index (κ2) is 10.5. The number of benzene rings is 2. The predicted octanol–water partition coefficient (Wildman–Crippen LogP) is 5.25. The maximum Gasteiger partial charge on any atom is 0.141 e. The van der Waals surface area contributed by atoms with E-state index < -0.39 is 0 Å². The van der Waals surface area contributed by atoms with Crippen LogP contribution in [0.1, 0.15) is 12.8 Å². The first kappa shape index (κ1) is 23.3. The highest BCUT2D eigenvalue weighted by molar-refractivity contribution is 7.17. The first-order valence-corrected chi connectivity index (χ1v) is 13.4. The second-order valence-electron chi connectivity index (χ2n) is 9.36. The second-order valence-corrected chi connectivity index (χ2v) is 10.2. The van der Waals surface area contributed by atoms with Crippen molar-refractivity contribution in [2.75, 3.05) is 44.3 Å². The minimum atomic E-state index is -0.258. The zero-order valence-corrected chi connectivity index (χ0v) is 20.9. The molecule has 0 N–H and O–H groups in total. The van der Waals surface area contributed by atoms with E-state index in [2.05, 4.69) is 44.4 Å². The Labute approximate surface area is 214 Å². The average molecular weight is 505 g/mol. The van der Waals surface area contributed by atoms with Gasteiger partial charge in [-0.3, -0.25) is 4.90 Å². The fourth-order valence-electron chi connectivity index (χ4n) is 5.27. The molecule has 36 heavy (non-hydrogen) atoms. The molecule has 2 aromatic carbocycles. The Bertz CT molecular complexity index is 1290. The molecular weight excluding hydrogens is 475 g/mol.